The van der Waals surface area contributed by atoms with Gasteiger partial charge in [0.15, 0.2) is 0 Å². The summed E-state index contributed by atoms with van der Waals surface area (Å²) in [5, 5.41) is 4.63. The quantitative estimate of drug-likeness (QED) is 0.797. The van der Waals surface area contributed by atoms with Crippen LogP contribution in [-0.4, -0.2) is 43.2 Å². The Morgan fingerprint density at radius 2 is 2.12 bits per heavy atom. The molecule has 26 heavy (non-hydrogen) atoms. The summed E-state index contributed by atoms with van der Waals surface area (Å²) in [7, 11) is 0. The van der Waals surface area contributed by atoms with Gasteiger partial charge in [0.05, 0.1) is 5.69 Å². The molecule has 1 amide bonds. The molecule has 0 radical (unpaired) electrons. The molecule has 2 aromatic rings. The van der Waals surface area contributed by atoms with Crippen molar-refractivity contribution in [2.45, 2.75) is 66.0 Å². The van der Waals surface area contributed by atoms with Crippen molar-refractivity contribution in [1.82, 2.24) is 24.2 Å². The summed E-state index contributed by atoms with van der Waals surface area (Å²) in [5.74, 6) is 2.06. The maximum Gasteiger partial charge on any atom is 0.272 e. The molecule has 0 bridgehead atoms. The largest absolute Gasteiger partial charge is 0.337 e. The van der Waals surface area contributed by atoms with E-state index in [9.17, 15) is 4.79 Å². The van der Waals surface area contributed by atoms with Crippen molar-refractivity contribution in [3.8, 4) is 0 Å². The first-order valence-electron chi connectivity index (χ1n) is 9.90. The van der Waals surface area contributed by atoms with Crippen LogP contribution < -0.4 is 0 Å². The number of hydrogen-bond donors (Lipinski definition) is 0. The Balaban J connectivity index is 1.78. The van der Waals surface area contributed by atoms with Crippen LogP contribution in [0.1, 0.15) is 68.5 Å². The number of imidazole rings is 1. The lowest BCUT2D eigenvalue weighted by atomic mass is 9.96. The Morgan fingerprint density at radius 1 is 1.31 bits per heavy atom. The second-order valence-corrected chi connectivity index (χ2v) is 7.60. The average molecular weight is 358 g/mol. The normalized spacial score (nSPS) is 17.9. The third-order valence-electron chi connectivity index (χ3n) is 5.13. The fourth-order valence-corrected chi connectivity index (χ4v) is 3.88. The predicted molar refractivity (Wildman–Crippen MR) is 102 cm³/mol. The number of rotatable bonds is 6. The van der Waals surface area contributed by atoms with E-state index in [2.05, 4.69) is 35.4 Å². The van der Waals surface area contributed by atoms with Gasteiger partial charge in [-0.1, -0.05) is 13.8 Å². The summed E-state index contributed by atoms with van der Waals surface area (Å²) in [5.41, 5.74) is 1.74. The van der Waals surface area contributed by atoms with E-state index in [1.54, 1.807) is 0 Å². The summed E-state index contributed by atoms with van der Waals surface area (Å²) in [4.78, 5) is 19.7. The van der Waals surface area contributed by atoms with E-state index in [0.29, 0.717) is 11.8 Å². The van der Waals surface area contributed by atoms with Gasteiger partial charge in [0.25, 0.3) is 5.91 Å². The van der Waals surface area contributed by atoms with E-state index in [1.807, 2.05) is 35.0 Å². The Morgan fingerprint density at radius 3 is 2.81 bits per heavy atom. The van der Waals surface area contributed by atoms with Crippen LogP contribution in [0.25, 0.3) is 0 Å². The van der Waals surface area contributed by atoms with Gasteiger partial charge in [-0.05, 0) is 45.1 Å². The van der Waals surface area contributed by atoms with Crippen molar-refractivity contribution < 1.29 is 4.79 Å². The van der Waals surface area contributed by atoms with Gasteiger partial charge in [-0.25, -0.2) is 4.98 Å². The lowest BCUT2D eigenvalue weighted by molar-refractivity contribution is 0.0691. The first-order chi connectivity index (χ1) is 12.5. The summed E-state index contributed by atoms with van der Waals surface area (Å²) < 4.78 is 4.05. The predicted octanol–water partition coefficient (Wildman–Crippen LogP) is 3.34. The number of amides is 1. The smallest absolute Gasteiger partial charge is 0.272 e. The molecule has 0 saturated carbocycles. The minimum Gasteiger partial charge on any atom is -0.337 e. The molecule has 2 aromatic heterocycles. The molecule has 1 saturated heterocycles. The first-order valence-corrected chi connectivity index (χ1v) is 9.90. The Labute approximate surface area is 156 Å². The molecule has 0 N–H and O–H groups in total. The zero-order valence-electron chi connectivity index (χ0n) is 16.5. The molecule has 1 aliphatic heterocycles. The minimum atomic E-state index is 0.105. The van der Waals surface area contributed by atoms with Crippen LogP contribution >= 0.6 is 0 Å². The van der Waals surface area contributed by atoms with Gasteiger partial charge in [0.1, 0.15) is 11.5 Å². The maximum absolute atomic E-state index is 13.2. The van der Waals surface area contributed by atoms with Crippen molar-refractivity contribution >= 4 is 5.91 Å². The number of likely N-dealkylation sites (tertiary alicyclic amines) is 1. The summed E-state index contributed by atoms with van der Waals surface area (Å²) in [6.45, 7) is 11.7. The minimum absolute atomic E-state index is 0.105. The van der Waals surface area contributed by atoms with E-state index in [0.717, 1.165) is 62.7 Å². The third-order valence-corrected chi connectivity index (χ3v) is 5.13. The molecule has 0 unspecified atom stereocenters. The zero-order chi connectivity index (χ0) is 18.7. The van der Waals surface area contributed by atoms with Crippen LogP contribution in [0.15, 0.2) is 18.5 Å². The number of piperidine rings is 1. The second-order valence-electron chi connectivity index (χ2n) is 7.60. The van der Waals surface area contributed by atoms with E-state index >= 15 is 0 Å². The fourth-order valence-electron chi connectivity index (χ4n) is 3.88. The average Bonchev–Trinajstić information content (AvgIpc) is 3.27. The number of aromatic nitrogens is 4. The van der Waals surface area contributed by atoms with E-state index < -0.39 is 0 Å². The highest BCUT2D eigenvalue weighted by Crippen LogP contribution is 2.27. The topological polar surface area (TPSA) is 56.0 Å². The number of carbonyl (C=O) groups is 1. The summed E-state index contributed by atoms with van der Waals surface area (Å²) in [6.07, 6.45) is 6.91. The van der Waals surface area contributed by atoms with Crippen LogP contribution in [-0.2, 0) is 19.5 Å². The van der Waals surface area contributed by atoms with Crippen molar-refractivity contribution in [2.24, 2.45) is 5.92 Å². The SMILES string of the molecule is CCn1ccnc1[C@@H]1CCCN(C(=O)c2cc(CC(C)C)nn2CC)C1. The lowest BCUT2D eigenvalue weighted by Gasteiger charge is -2.32. The van der Waals surface area contributed by atoms with Gasteiger partial charge < -0.3 is 9.47 Å². The molecule has 1 atom stereocenters. The Kier molecular flexibility index (Phi) is 5.79. The lowest BCUT2D eigenvalue weighted by Crippen LogP contribution is -2.40. The van der Waals surface area contributed by atoms with Crippen LogP contribution in [0.3, 0.4) is 0 Å². The second kappa shape index (κ2) is 8.06. The molecule has 0 spiro atoms. The molecule has 1 aliphatic rings. The van der Waals surface area contributed by atoms with Crippen molar-refractivity contribution in [3.63, 3.8) is 0 Å². The van der Waals surface area contributed by atoms with Crippen LogP contribution in [0, 0.1) is 5.92 Å². The molecule has 3 rings (SSSR count). The standard InChI is InChI=1S/C20H31N5O/c1-5-23-11-9-21-19(23)16-8-7-10-24(14-16)20(26)18-13-17(12-15(3)4)22-25(18)6-2/h9,11,13,15-16H,5-8,10,12,14H2,1-4H3/t16-/m1/s1. The molecule has 3 heterocycles. The monoisotopic (exact) mass is 357 g/mol. The van der Waals surface area contributed by atoms with Gasteiger partial charge in [-0.3, -0.25) is 9.48 Å². The van der Waals surface area contributed by atoms with Crippen molar-refractivity contribution in [3.05, 3.63) is 35.7 Å². The van der Waals surface area contributed by atoms with E-state index in [4.69, 9.17) is 0 Å². The highest BCUT2D eigenvalue weighted by Gasteiger charge is 2.29. The molecule has 142 valence electrons. The van der Waals surface area contributed by atoms with Gasteiger partial charge in [0, 0.05) is 44.5 Å². The highest BCUT2D eigenvalue weighted by atomic mass is 16.2. The van der Waals surface area contributed by atoms with Gasteiger partial charge in [0.2, 0.25) is 0 Å². The number of nitrogens with zero attached hydrogens (tertiary/aromatic N) is 5. The van der Waals surface area contributed by atoms with Gasteiger partial charge in [-0.15, -0.1) is 0 Å². The van der Waals surface area contributed by atoms with Gasteiger partial charge >= 0.3 is 0 Å². The maximum atomic E-state index is 13.2. The number of aryl methyl sites for hydroxylation is 2. The number of hydrogen-bond acceptors (Lipinski definition) is 3. The van der Waals surface area contributed by atoms with Crippen molar-refractivity contribution in [2.75, 3.05) is 13.1 Å². The molecule has 6 nitrogen and oxygen atoms in total. The first kappa shape index (κ1) is 18.7. The third kappa shape index (κ3) is 3.84. The Hall–Kier alpha value is -2.11. The van der Waals surface area contributed by atoms with Crippen LogP contribution in [0.2, 0.25) is 0 Å². The van der Waals surface area contributed by atoms with Crippen molar-refractivity contribution in [1.29, 1.82) is 0 Å². The zero-order valence-corrected chi connectivity index (χ0v) is 16.5. The number of carbonyl (C=O) groups excluding carboxylic acids is 1. The summed E-state index contributed by atoms with van der Waals surface area (Å²) in [6, 6.07) is 1.99. The molecular formula is C20H31N5O. The molecule has 0 aromatic carbocycles. The van der Waals surface area contributed by atoms with Crippen LogP contribution in [0.4, 0.5) is 0 Å². The van der Waals surface area contributed by atoms with Crippen LogP contribution in [0.5, 0.6) is 0 Å². The van der Waals surface area contributed by atoms with E-state index in [1.165, 1.54) is 0 Å². The molecule has 0 aliphatic carbocycles. The molecule has 6 heteroatoms. The Bertz CT molecular complexity index is 745. The highest BCUT2D eigenvalue weighted by molar-refractivity contribution is 5.92. The molecule has 1 fully saturated rings. The molecular weight excluding hydrogens is 326 g/mol. The van der Waals surface area contributed by atoms with Gasteiger partial charge in [-0.2, -0.15) is 5.10 Å². The summed E-state index contributed by atoms with van der Waals surface area (Å²) >= 11 is 0. The fraction of sp³-hybridized carbons (Fsp3) is 0.650. The van der Waals surface area contributed by atoms with E-state index in [-0.39, 0.29) is 5.91 Å².